The SMILES string of the molecule is CCNCCCCN1CCC2C(CCCN2C)C1. The number of rotatable bonds is 6. The summed E-state index contributed by atoms with van der Waals surface area (Å²) in [4.78, 5) is 5.32. The normalized spacial score (nSPS) is 30.3. The number of nitrogens with zero attached hydrogens (tertiary/aromatic N) is 2. The summed E-state index contributed by atoms with van der Waals surface area (Å²) >= 11 is 0. The van der Waals surface area contributed by atoms with E-state index in [1.807, 2.05) is 0 Å². The molecular weight excluding hydrogens is 222 g/mol. The maximum absolute atomic E-state index is 3.41. The summed E-state index contributed by atoms with van der Waals surface area (Å²) in [5.74, 6) is 0.950. The third kappa shape index (κ3) is 3.94. The van der Waals surface area contributed by atoms with Gasteiger partial charge in [-0.15, -0.1) is 0 Å². The molecule has 3 heteroatoms. The van der Waals surface area contributed by atoms with E-state index in [4.69, 9.17) is 0 Å². The highest BCUT2D eigenvalue weighted by molar-refractivity contribution is 4.89. The molecule has 0 saturated carbocycles. The molecule has 2 unspecified atom stereocenters. The second kappa shape index (κ2) is 7.46. The van der Waals surface area contributed by atoms with Gasteiger partial charge >= 0.3 is 0 Å². The molecule has 1 N–H and O–H groups in total. The van der Waals surface area contributed by atoms with Gasteiger partial charge in [-0.05, 0) is 77.8 Å². The number of nitrogens with one attached hydrogen (secondary N) is 1. The summed E-state index contributed by atoms with van der Waals surface area (Å²) in [6.45, 7) is 9.81. The van der Waals surface area contributed by atoms with Crippen LogP contribution < -0.4 is 5.32 Å². The lowest BCUT2D eigenvalue weighted by Gasteiger charge is -2.46. The Hall–Kier alpha value is -0.120. The van der Waals surface area contributed by atoms with Gasteiger partial charge in [-0.25, -0.2) is 0 Å². The van der Waals surface area contributed by atoms with Crippen LogP contribution >= 0.6 is 0 Å². The molecule has 0 aromatic rings. The smallest absolute Gasteiger partial charge is 0.0145 e. The summed E-state index contributed by atoms with van der Waals surface area (Å²) in [5, 5.41) is 3.41. The summed E-state index contributed by atoms with van der Waals surface area (Å²) in [7, 11) is 2.32. The predicted octanol–water partition coefficient (Wildman–Crippen LogP) is 1.79. The van der Waals surface area contributed by atoms with Crippen molar-refractivity contribution in [1.29, 1.82) is 0 Å². The first-order valence-electron chi connectivity index (χ1n) is 7.94. The Kier molecular flexibility index (Phi) is 5.93. The molecule has 0 bridgehead atoms. The molecule has 0 spiro atoms. The van der Waals surface area contributed by atoms with Crippen LogP contribution in [0.4, 0.5) is 0 Å². The molecule has 18 heavy (non-hydrogen) atoms. The third-order valence-electron chi connectivity index (χ3n) is 4.76. The number of likely N-dealkylation sites (tertiary alicyclic amines) is 2. The van der Waals surface area contributed by atoms with Crippen LogP contribution in [-0.4, -0.2) is 62.2 Å². The second-order valence-electron chi connectivity index (χ2n) is 6.10. The van der Waals surface area contributed by atoms with Crippen LogP contribution in [0.15, 0.2) is 0 Å². The highest BCUT2D eigenvalue weighted by Gasteiger charge is 2.33. The molecule has 0 aromatic carbocycles. The molecule has 3 nitrogen and oxygen atoms in total. The van der Waals surface area contributed by atoms with Crippen molar-refractivity contribution in [3.05, 3.63) is 0 Å². The zero-order valence-electron chi connectivity index (χ0n) is 12.3. The average Bonchev–Trinajstić information content (AvgIpc) is 2.39. The van der Waals surface area contributed by atoms with Gasteiger partial charge in [0.25, 0.3) is 0 Å². The number of hydrogen-bond acceptors (Lipinski definition) is 3. The highest BCUT2D eigenvalue weighted by Crippen LogP contribution is 2.29. The zero-order chi connectivity index (χ0) is 12.8. The van der Waals surface area contributed by atoms with E-state index in [0.717, 1.165) is 18.5 Å². The van der Waals surface area contributed by atoms with E-state index in [-0.39, 0.29) is 0 Å². The van der Waals surface area contributed by atoms with E-state index in [9.17, 15) is 0 Å². The fraction of sp³-hybridized carbons (Fsp3) is 1.00. The van der Waals surface area contributed by atoms with Crippen molar-refractivity contribution in [3.63, 3.8) is 0 Å². The average molecular weight is 253 g/mol. The van der Waals surface area contributed by atoms with Gasteiger partial charge in [-0.3, -0.25) is 0 Å². The Morgan fingerprint density at radius 3 is 2.89 bits per heavy atom. The van der Waals surface area contributed by atoms with Crippen LogP contribution in [0.2, 0.25) is 0 Å². The Bertz CT molecular complexity index is 232. The maximum atomic E-state index is 3.41. The zero-order valence-corrected chi connectivity index (χ0v) is 12.3. The van der Waals surface area contributed by atoms with Gasteiger partial charge in [-0.2, -0.15) is 0 Å². The van der Waals surface area contributed by atoms with Crippen molar-refractivity contribution in [1.82, 2.24) is 15.1 Å². The van der Waals surface area contributed by atoms with Crippen molar-refractivity contribution in [2.45, 2.75) is 45.1 Å². The van der Waals surface area contributed by atoms with Gasteiger partial charge in [-0.1, -0.05) is 6.92 Å². The predicted molar refractivity (Wildman–Crippen MR) is 78.0 cm³/mol. The molecular formula is C15H31N3. The molecule has 0 radical (unpaired) electrons. The van der Waals surface area contributed by atoms with Gasteiger partial charge in [0.1, 0.15) is 0 Å². The molecule has 0 aromatic heterocycles. The van der Waals surface area contributed by atoms with Crippen LogP contribution in [0.3, 0.4) is 0 Å². The molecule has 0 aliphatic carbocycles. The Morgan fingerprint density at radius 1 is 1.17 bits per heavy atom. The van der Waals surface area contributed by atoms with Gasteiger partial charge < -0.3 is 15.1 Å². The first kappa shape index (κ1) is 14.3. The van der Waals surface area contributed by atoms with E-state index >= 15 is 0 Å². The number of unbranched alkanes of at least 4 members (excludes halogenated alkanes) is 1. The molecule has 2 aliphatic rings. The Morgan fingerprint density at radius 2 is 2.06 bits per heavy atom. The van der Waals surface area contributed by atoms with Crippen molar-refractivity contribution in [2.24, 2.45) is 5.92 Å². The Balaban J connectivity index is 1.64. The topological polar surface area (TPSA) is 18.5 Å². The van der Waals surface area contributed by atoms with E-state index < -0.39 is 0 Å². The molecule has 2 rings (SSSR count). The van der Waals surface area contributed by atoms with Gasteiger partial charge in [0.2, 0.25) is 0 Å². The number of hydrogen-bond donors (Lipinski definition) is 1. The van der Waals surface area contributed by atoms with Crippen LogP contribution in [-0.2, 0) is 0 Å². The summed E-state index contributed by atoms with van der Waals surface area (Å²) in [6.07, 6.45) is 6.96. The fourth-order valence-electron chi connectivity index (χ4n) is 3.69. The first-order valence-corrected chi connectivity index (χ1v) is 7.94. The lowest BCUT2D eigenvalue weighted by molar-refractivity contribution is 0.0381. The second-order valence-corrected chi connectivity index (χ2v) is 6.10. The monoisotopic (exact) mass is 253 g/mol. The van der Waals surface area contributed by atoms with Gasteiger partial charge in [0.05, 0.1) is 0 Å². The minimum Gasteiger partial charge on any atom is -0.317 e. The molecule has 2 atom stereocenters. The molecule has 0 amide bonds. The molecule has 2 heterocycles. The van der Waals surface area contributed by atoms with Crippen LogP contribution in [0.25, 0.3) is 0 Å². The summed E-state index contributed by atoms with van der Waals surface area (Å²) in [5.41, 5.74) is 0. The molecule has 106 valence electrons. The largest absolute Gasteiger partial charge is 0.317 e. The van der Waals surface area contributed by atoms with Crippen molar-refractivity contribution >= 4 is 0 Å². The van der Waals surface area contributed by atoms with Crippen molar-refractivity contribution in [3.8, 4) is 0 Å². The van der Waals surface area contributed by atoms with Gasteiger partial charge in [0, 0.05) is 12.6 Å². The lowest BCUT2D eigenvalue weighted by Crippen LogP contribution is -2.52. The Labute approximate surface area is 113 Å². The van der Waals surface area contributed by atoms with E-state index in [1.54, 1.807) is 0 Å². The van der Waals surface area contributed by atoms with E-state index in [0.29, 0.717) is 0 Å². The standard InChI is InChI=1S/C15H31N3/c1-3-16-9-4-5-11-18-12-8-15-14(13-18)7-6-10-17(15)2/h14-16H,3-13H2,1-2H3. The van der Waals surface area contributed by atoms with Crippen LogP contribution in [0.1, 0.15) is 39.0 Å². The highest BCUT2D eigenvalue weighted by atomic mass is 15.2. The summed E-state index contributed by atoms with van der Waals surface area (Å²) in [6, 6.07) is 0.886. The van der Waals surface area contributed by atoms with Crippen molar-refractivity contribution < 1.29 is 0 Å². The van der Waals surface area contributed by atoms with Crippen LogP contribution in [0, 0.1) is 5.92 Å². The summed E-state index contributed by atoms with van der Waals surface area (Å²) < 4.78 is 0. The molecule has 2 saturated heterocycles. The number of piperidine rings is 2. The van der Waals surface area contributed by atoms with E-state index in [1.165, 1.54) is 64.8 Å². The first-order chi connectivity index (χ1) is 8.81. The van der Waals surface area contributed by atoms with Crippen LogP contribution in [0.5, 0.6) is 0 Å². The molecule has 2 aliphatic heterocycles. The van der Waals surface area contributed by atoms with Gasteiger partial charge in [0.15, 0.2) is 0 Å². The minimum atomic E-state index is 0.886. The number of fused-ring (bicyclic) bond motifs is 1. The lowest BCUT2D eigenvalue weighted by atomic mass is 9.84. The maximum Gasteiger partial charge on any atom is 0.0145 e. The third-order valence-corrected chi connectivity index (χ3v) is 4.76. The molecule has 2 fully saturated rings. The van der Waals surface area contributed by atoms with E-state index in [2.05, 4.69) is 29.1 Å². The quantitative estimate of drug-likeness (QED) is 0.728. The van der Waals surface area contributed by atoms with Crippen molar-refractivity contribution in [2.75, 3.05) is 46.3 Å². The minimum absolute atomic E-state index is 0.886. The fourth-order valence-corrected chi connectivity index (χ4v) is 3.69.